The molecule has 4 aliphatic rings. The molecule has 1 aromatic rings. The molecule has 0 bridgehead atoms. The number of allylic oxidation sites excluding steroid dienone is 4. The lowest BCUT2D eigenvalue weighted by Gasteiger charge is -2.64. The van der Waals surface area contributed by atoms with Gasteiger partial charge in [0.15, 0.2) is 17.1 Å². The van der Waals surface area contributed by atoms with Crippen molar-refractivity contribution in [2.45, 2.75) is 69.5 Å². The van der Waals surface area contributed by atoms with Gasteiger partial charge in [-0.15, -0.1) is 0 Å². The SMILES string of the molecule is C[C@]1(F)C[C@H]2[C@@H]3CC[C@](OC(=O)c4ccco4)(C(=O)SCF)[C@@]3(C)CC(O)[C@]2(F)[C@@]2(C)C=CC(=O)C=C12. The first-order valence-corrected chi connectivity index (χ1v) is 13.3. The molecule has 0 saturated heterocycles. The quantitative estimate of drug-likeness (QED) is 0.535. The summed E-state index contributed by atoms with van der Waals surface area (Å²) in [5.74, 6) is -3.31. The van der Waals surface area contributed by atoms with Crippen LogP contribution in [0.2, 0.25) is 0 Å². The molecule has 0 radical (unpaired) electrons. The summed E-state index contributed by atoms with van der Waals surface area (Å²) in [6, 6.07) is 1.77. The minimum atomic E-state index is -2.36. The van der Waals surface area contributed by atoms with Gasteiger partial charge in [0.1, 0.15) is 11.7 Å². The Kier molecular flexibility index (Phi) is 5.92. The molecular weight excluding hydrogens is 509 g/mol. The van der Waals surface area contributed by atoms with Gasteiger partial charge in [-0.1, -0.05) is 13.0 Å². The smallest absolute Gasteiger partial charge is 0.375 e. The fraction of sp³-hybridized carbons (Fsp3) is 0.593. The first-order chi connectivity index (χ1) is 17.3. The van der Waals surface area contributed by atoms with Gasteiger partial charge in [-0.3, -0.25) is 9.59 Å². The van der Waals surface area contributed by atoms with Crippen LogP contribution < -0.4 is 0 Å². The molecule has 0 amide bonds. The molecular formula is C27H29F3O6S. The lowest BCUT2D eigenvalue weighted by atomic mass is 9.43. The van der Waals surface area contributed by atoms with Gasteiger partial charge in [0.05, 0.1) is 12.4 Å². The number of aliphatic hydroxyl groups is 1. The highest BCUT2D eigenvalue weighted by Crippen LogP contribution is 2.72. The average Bonchev–Trinajstić information content (AvgIpc) is 3.45. The number of ketones is 1. The van der Waals surface area contributed by atoms with Crippen LogP contribution in [-0.2, 0) is 14.3 Å². The second-order valence-electron chi connectivity index (χ2n) is 11.3. The first kappa shape index (κ1) is 26.3. The summed E-state index contributed by atoms with van der Waals surface area (Å²) >= 11 is 0.347. The minimum absolute atomic E-state index is 0.0218. The number of esters is 1. The van der Waals surface area contributed by atoms with E-state index in [-0.39, 0.29) is 37.0 Å². The number of fused-ring (bicyclic) bond motifs is 5. The second-order valence-corrected chi connectivity index (χ2v) is 12.2. The molecule has 5 rings (SSSR count). The van der Waals surface area contributed by atoms with E-state index in [4.69, 9.17) is 9.15 Å². The number of alkyl halides is 3. The Balaban J connectivity index is 1.62. The van der Waals surface area contributed by atoms with Gasteiger partial charge in [-0.25, -0.2) is 18.0 Å². The second kappa shape index (κ2) is 8.33. The molecule has 37 heavy (non-hydrogen) atoms. The number of halogens is 3. The molecule has 0 aliphatic heterocycles. The molecule has 1 heterocycles. The molecule has 0 spiro atoms. The third-order valence-electron chi connectivity index (χ3n) is 9.57. The Morgan fingerprint density at radius 2 is 1.95 bits per heavy atom. The van der Waals surface area contributed by atoms with E-state index in [1.807, 2.05) is 0 Å². The number of hydrogen-bond acceptors (Lipinski definition) is 7. The van der Waals surface area contributed by atoms with Crippen LogP contribution in [0.15, 0.2) is 46.6 Å². The standard InChI is InChI=1S/C27H29F3O6S/c1-23-8-6-15(31)11-19(23)25(3,29)12-17-16-7-9-26(22(34)37-14-28,36-21(33)18-5-4-10-35-18)24(16,2)13-20(32)27(17,23)30/h4-6,8,10-11,16-17,20,32H,7,9,12-14H2,1-3H3/t16-,17-,20?,23-,24-,25-,26-,27-/m0/s1. The molecule has 10 heteroatoms. The molecule has 0 aromatic carbocycles. The highest BCUT2D eigenvalue weighted by Gasteiger charge is 2.77. The van der Waals surface area contributed by atoms with Gasteiger partial charge in [-0.2, -0.15) is 0 Å². The van der Waals surface area contributed by atoms with Crippen molar-refractivity contribution < 1.29 is 41.8 Å². The first-order valence-electron chi connectivity index (χ1n) is 12.3. The number of carbonyl (C=O) groups excluding carboxylic acids is 3. The van der Waals surface area contributed by atoms with Crippen LogP contribution in [0, 0.1) is 22.7 Å². The van der Waals surface area contributed by atoms with Crippen LogP contribution in [0.25, 0.3) is 0 Å². The summed E-state index contributed by atoms with van der Waals surface area (Å²) in [5.41, 5.74) is -9.27. The minimum Gasteiger partial charge on any atom is -0.457 e. The van der Waals surface area contributed by atoms with Crippen LogP contribution in [0.4, 0.5) is 13.2 Å². The van der Waals surface area contributed by atoms with Crippen molar-refractivity contribution in [3.05, 3.63) is 48.0 Å². The van der Waals surface area contributed by atoms with E-state index >= 15 is 8.78 Å². The number of hydrogen-bond donors (Lipinski definition) is 1. The molecule has 1 unspecified atom stereocenters. The van der Waals surface area contributed by atoms with Gasteiger partial charge in [0, 0.05) is 16.7 Å². The van der Waals surface area contributed by atoms with Crippen LogP contribution in [0.3, 0.4) is 0 Å². The molecule has 200 valence electrons. The fourth-order valence-electron chi connectivity index (χ4n) is 7.88. The number of furan rings is 1. The predicted molar refractivity (Wildman–Crippen MR) is 129 cm³/mol. The third kappa shape index (κ3) is 3.33. The van der Waals surface area contributed by atoms with E-state index in [2.05, 4.69) is 0 Å². The van der Waals surface area contributed by atoms with Gasteiger partial charge in [0.25, 0.3) is 0 Å². The predicted octanol–water partition coefficient (Wildman–Crippen LogP) is 5.07. The highest BCUT2D eigenvalue weighted by molar-refractivity contribution is 8.13. The van der Waals surface area contributed by atoms with Gasteiger partial charge in [0.2, 0.25) is 10.9 Å². The molecule has 1 N–H and O–H groups in total. The zero-order valence-corrected chi connectivity index (χ0v) is 21.6. The van der Waals surface area contributed by atoms with Gasteiger partial charge >= 0.3 is 5.97 Å². The van der Waals surface area contributed by atoms with E-state index < -0.39 is 68.6 Å². The summed E-state index contributed by atoms with van der Waals surface area (Å²) in [4.78, 5) is 38.5. The topological polar surface area (TPSA) is 93.8 Å². The van der Waals surface area contributed by atoms with Gasteiger partial charge < -0.3 is 14.3 Å². The van der Waals surface area contributed by atoms with Crippen LogP contribution in [0.1, 0.15) is 57.0 Å². The van der Waals surface area contributed by atoms with Crippen LogP contribution >= 0.6 is 11.8 Å². The van der Waals surface area contributed by atoms with Crippen molar-refractivity contribution in [1.29, 1.82) is 0 Å². The van der Waals surface area contributed by atoms with E-state index in [1.165, 1.54) is 44.4 Å². The maximum absolute atomic E-state index is 17.4. The summed E-state index contributed by atoms with van der Waals surface area (Å²) in [7, 11) is 0. The summed E-state index contributed by atoms with van der Waals surface area (Å²) in [5, 5.41) is 10.7. The van der Waals surface area contributed by atoms with E-state index in [0.717, 1.165) is 6.08 Å². The molecule has 4 aliphatic carbocycles. The number of ether oxygens (including phenoxy) is 1. The Bertz CT molecular complexity index is 1210. The van der Waals surface area contributed by atoms with Crippen molar-refractivity contribution in [3.63, 3.8) is 0 Å². The molecule has 8 atom stereocenters. The van der Waals surface area contributed by atoms with Gasteiger partial charge in [-0.05, 0) is 87.1 Å². The molecule has 1 aromatic heterocycles. The summed E-state index contributed by atoms with van der Waals surface area (Å²) in [6.07, 6.45) is 2.74. The Morgan fingerprint density at radius 3 is 2.59 bits per heavy atom. The van der Waals surface area contributed by atoms with Crippen LogP contribution in [0.5, 0.6) is 0 Å². The zero-order chi connectivity index (χ0) is 27.0. The molecule has 6 nitrogen and oxygen atoms in total. The van der Waals surface area contributed by atoms with E-state index in [1.54, 1.807) is 6.92 Å². The monoisotopic (exact) mass is 538 g/mol. The fourth-order valence-corrected chi connectivity index (χ4v) is 8.59. The number of thioether (sulfide) groups is 1. The Hall–Kier alpha value is -2.33. The molecule has 3 saturated carbocycles. The third-order valence-corrected chi connectivity index (χ3v) is 10.3. The number of carbonyl (C=O) groups is 3. The Morgan fingerprint density at radius 1 is 1.22 bits per heavy atom. The van der Waals surface area contributed by atoms with E-state index in [0.29, 0.717) is 11.8 Å². The zero-order valence-electron chi connectivity index (χ0n) is 20.8. The lowest BCUT2D eigenvalue weighted by molar-refractivity contribution is -0.225. The van der Waals surface area contributed by atoms with E-state index in [9.17, 15) is 23.9 Å². The lowest BCUT2D eigenvalue weighted by Crippen LogP contribution is -2.71. The Labute approximate surface area is 216 Å². The van der Waals surface area contributed by atoms with Crippen molar-refractivity contribution in [2.75, 3.05) is 6.01 Å². The van der Waals surface area contributed by atoms with Crippen molar-refractivity contribution in [1.82, 2.24) is 0 Å². The van der Waals surface area contributed by atoms with Crippen molar-refractivity contribution in [3.8, 4) is 0 Å². The number of aliphatic hydroxyl groups excluding tert-OH is 1. The molecule has 3 fully saturated rings. The normalized spacial score (nSPS) is 44.5. The largest absolute Gasteiger partial charge is 0.457 e. The maximum atomic E-state index is 17.4. The maximum Gasteiger partial charge on any atom is 0.375 e. The van der Waals surface area contributed by atoms with Crippen molar-refractivity contribution >= 4 is 28.6 Å². The van der Waals surface area contributed by atoms with Crippen molar-refractivity contribution in [2.24, 2.45) is 22.7 Å². The number of rotatable bonds is 4. The summed E-state index contributed by atoms with van der Waals surface area (Å²) < 4.78 is 58.0. The highest BCUT2D eigenvalue weighted by atomic mass is 32.2. The average molecular weight is 539 g/mol. The van der Waals surface area contributed by atoms with Crippen LogP contribution in [-0.4, -0.2) is 51.0 Å². The summed E-state index contributed by atoms with van der Waals surface area (Å²) in [6.45, 7) is 4.41.